The van der Waals surface area contributed by atoms with Crippen LogP contribution in [0.4, 0.5) is 0 Å². The summed E-state index contributed by atoms with van der Waals surface area (Å²) in [7, 11) is 3.37. The molecule has 35 heavy (non-hydrogen) atoms. The number of nitrogens with zero attached hydrogens (tertiary/aromatic N) is 3. The normalized spacial score (nSPS) is 15.2. The molecule has 0 radical (unpaired) electrons. The van der Waals surface area contributed by atoms with Crippen LogP contribution in [0.25, 0.3) is 27.7 Å². The van der Waals surface area contributed by atoms with Gasteiger partial charge in [0, 0.05) is 29.7 Å². The summed E-state index contributed by atoms with van der Waals surface area (Å²) in [4.78, 5) is 15.0. The van der Waals surface area contributed by atoms with Crippen LogP contribution in [0.15, 0.2) is 41.2 Å². The van der Waals surface area contributed by atoms with E-state index in [1.807, 2.05) is 37.3 Å². The first-order valence-corrected chi connectivity index (χ1v) is 12.1. The molecule has 0 bridgehead atoms. The van der Waals surface area contributed by atoms with Crippen LogP contribution < -0.4 is 15.2 Å². The predicted molar refractivity (Wildman–Crippen MR) is 136 cm³/mol. The summed E-state index contributed by atoms with van der Waals surface area (Å²) in [6.07, 6.45) is 3.10. The van der Waals surface area contributed by atoms with E-state index in [9.17, 15) is 9.90 Å². The molecule has 1 aliphatic rings. The molecule has 0 saturated carbocycles. The quantitative estimate of drug-likeness (QED) is 0.422. The number of H-pyrrole nitrogens is 1. The Labute approximate surface area is 204 Å². The van der Waals surface area contributed by atoms with Crippen molar-refractivity contribution in [1.82, 2.24) is 19.5 Å². The van der Waals surface area contributed by atoms with Gasteiger partial charge < -0.3 is 14.6 Å². The minimum absolute atomic E-state index is 0.263. The number of benzene rings is 2. The molecule has 8 heteroatoms. The van der Waals surface area contributed by atoms with E-state index in [-0.39, 0.29) is 12.3 Å². The van der Waals surface area contributed by atoms with Gasteiger partial charge in [-0.05, 0) is 86.7 Å². The number of likely N-dealkylation sites (tertiary alicyclic amines) is 1. The van der Waals surface area contributed by atoms with Crippen LogP contribution >= 0.6 is 0 Å². The Morgan fingerprint density at radius 2 is 1.86 bits per heavy atom. The van der Waals surface area contributed by atoms with E-state index in [1.54, 1.807) is 18.6 Å². The van der Waals surface area contributed by atoms with Gasteiger partial charge in [0.25, 0.3) is 0 Å². The number of piperidine rings is 1. The summed E-state index contributed by atoms with van der Waals surface area (Å²) >= 11 is 0. The Morgan fingerprint density at radius 1 is 1.09 bits per heavy atom. The Bertz CT molecular complexity index is 1420. The molecule has 0 atom stereocenters. The standard InChI is InChI=1S/C27H32N4O4/c1-17-12-26-28-29-27(33)31(26)23-14-22(25(35-3)15-21(17)23)19-4-5-24(34-2)20(13-19)16-30-9-6-18(7-10-30)8-11-32/h4-5,12-15,18,32H,6-11,16H2,1-3H3,(H,29,33). The molecule has 2 aromatic carbocycles. The molecule has 2 aromatic heterocycles. The summed E-state index contributed by atoms with van der Waals surface area (Å²) in [5.41, 5.74) is 5.17. The highest BCUT2D eigenvalue weighted by molar-refractivity contribution is 5.92. The van der Waals surface area contributed by atoms with Crippen molar-refractivity contribution in [1.29, 1.82) is 0 Å². The Balaban J connectivity index is 1.56. The predicted octanol–water partition coefficient (Wildman–Crippen LogP) is 3.76. The highest BCUT2D eigenvalue weighted by atomic mass is 16.5. The lowest BCUT2D eigenvalue weighted by Crippen LogP contribution is -2.33. The zero-order valence-corrected chi connectivity index (χ0v) is 20.5. The molecule has 0 unspecified atom stereocenters. The number of nitrogens with one attached hydrogen (secondary N) is 1. The van der Waals surface area contributed by atoms with Gasteiger partial charge in [-0.2, -0.15) is 5.10 Å². The number of aromatic amines is 1. The SMILES string of the molecule is COc1ccc(-c2cc3c(cc2OC)c(C)cc2n[nH]c(=O)n23)cc1CN1CCC(CCO)CC1. The number of pyridine rings is 1. The van der Waals surface area contributed by atoms with Gasteiger partial charge in [0.1, 0.15) is 11.5 Å². The van der Waals surface area contributed by atoms with Crippen molar-refractivity contribution >= 4 is 16.6 Å². The number of methoxy groups -OCH3 is 2. The van der Waals surface area contributed by atoms with E-state index < -0.39 is 0 Å². The monoisotopic (exact) mass is 476 g/mol. The Hall–Kier alpha value is -3.36. The molecular formula is C27H32N4O4. The lowest BCUT2D eigenvalue weighted by atomic mass is 9.93. The number of aliphatic hydroxyl groups is 1. The number of fused-ring (bicyclic) bond motifs is 3. The van der Waals surface area contributed by atoms with Gasteiger partial charge in [0.2, 0.25) is 0 Å². The van der Waals surface area contributed by atoms with E-state index in [2.05, 4.69) is 21.2 Å². The second kappa shape index (κ2) is 9.71. The third-order valence-corrected chi connectivity index (χ3v) is 7.26. The summed E-state index contributed by atoms with van der Waals surface area (Å²) in [5.74, 6) is 2.21. The lowest BCUT2D eigenvalue weighted by Gasteiger charge is -2.32. The molecule has 4 aromatic rings. The van der Waals surface area contributed by atoms with Crippen molar-refractivity contribution < 1.29 is 14.6 Å². The van der Waals surface area contributed by atoms with Gasteiger partial charge in [-0.1, -0.05) is 6.07 Å². The van der Waals surface area contributed by atoms with Crippen molar-refractivity contribution in [2.75, 3.05) is 33.9 Å². The number of hydrogen-bond donors (Lipinski definition) is 2. The van der Waals surface area contributed by atoms with Gasteiger partial charge in [-0.25, -0.2) is 14.3 Å². The third kappa shape index (κ3) is 4.39. The average Bonchev–Trinajstić information content (AvgIpc) is 3.24. The van der Waals surface area contributed by atoms with Crippen molar-refractivity contribution in [2.24, 2.45) is 5.92 Å². The number of aliphatic hydroxyl groups excluding tert-OH is 1. The van der Waals surface area contributed by atoms with Crippen LogP contribution in [0.3, 0.4) is 0 Å². The van der Waals surface area contributed by atoms with Crippen LogP contribution in [-0.2, 0) is 6.54 Å². The molecule has 0 amide bonds. The molecule has 1 saturated heterocycles. The first-order valence-electron chi connectivity index (χ1n) is 12.1. The van der Waals surface area contributed by atoms with Gasteiger partial charge in [0.05, 0.1) is 19.7 Å². The second-order valence-electron chi connectivity index (χ2n) is 9.38. The topological polar surface area (TPSA) is 92.1 Å². The minimum Gasteiger partial charge on any atom is -0.496 e. The number of aromatic nitrogens is 3. The van der Waals surface area contributed by atoms with Crippen LogP contribution in [0.1, 0.15) is 30.4 Å². The first-order chi connectivity index (χ1) is 17.0. The van der Waals surface area contributed by atoms with Crippen molar-refractivity contribution in [3.05, 3.63) is 58.0 Å². The number of ether oxygens (including phenoxy) is 2. The molecule has 0 spiro atoms. The van der Waals surface area contributed by atoms with Crippen LogP contribution in [0, 0.1) is 12.8 Å². The molecule has 2 N–H and O–H groups in total. The van der Waals surface area contributed by atoms with Crippen molar-refractivity contribution in [2.45, 2.75) is 32.7 Å². The molecule has 0 aliphatic carbocycles. The van der Waals surface area contributed by atoms with Gasteiger partial charge >= 0.3 is 5.69 Å². The second-order valence-corrected chi connectivity index (χ2v) is 9.38. The van der Waals surface area contributed by atoms with E-state index in [0.717, 1.165) is 83.6 Å². The molecule has 1 fully saturated rings. The zero-order valence-electron chi connectivity index (χ0n) is 20.5. The van der Waals surface area contributed by atoms with Gasteiger partial charge in [-0.15, -0.1) is 0 Å². The maximum absolute atomic E-state index is 12.5. The van der Waals surface area contributed by atoms with Crippen LogP contribution in [0.5, 0.6) is 11.5 Å². The fourth-order valence-electron chi connectivity index (χ4n) is 5.30. The van der Waals surface area contributed by atoms with E-state index in [4.69, 9.17) is 9.47 Å². The fraction of sp³-hybridized carbons (Fsp3) is 0.407. The highest BCUT2D eigenvalue weighted by Gasteiger charge is 2.21. The molecule has 8 nitrogen and oxygen atoms in total. The molecule has 3 heterocycles. The van der Waals surface area contributed by atoms with E-state index >= 15 is 0 Å². The number of rotatable bonds is 7. The molecule has 184 valence electrons. The smallest absolute Gasteiger partial charge is 0.348 e. The summed E-state index contributed by atoms with van der Waals surface area (Å²) < 4.78 is 13.1. The highest BCUT2D eigenvalue weighted by Crippen LogP contribution is 2.37. The maximum Gasteiger partial charge on any atom is 0.348 e. The molecule has 1 aliphatic heterocycles. The molecule has 5 rings (SSSR count). The Kier molecular flexibility index (Phi) is 6.49. The summed E-state index contributed by atoms with van der Waals surface area (Å²) in [5, 5.41) is 16.9. The van der Waals surface area contributed by atoms with Gasteiger partial charge in [0.15, 0.2) is 5.65 Å². The van der Waals surface area contributed by atoms with Crippen molar-refractivity contribution in [3.8, 4) is 22.6 Å². The lowest BCUT2D eigenvalue weighted by molar-refractivity contribution is 0.152. The average molecular weight is 477 g/mol. The Morgan fingerprint density at radius 3 is 2.57 bits per heavy atom. The van der Waals surface area contributed by atoms with E-state index in [1.165, 1.54) is 0 Å². The minimum atomic E-state index is -0.263. The van der Waals surface area contributed by atoms with Crippen molar-refractivity contribution in [3.63, 3.8) is 0 Å². The maximum atomic E-state index is 12.5. The van der Waals surface area contributed by atoms with Gasteiger partial charge in [-0.3, -0.25) is 4.90 Å². The summed E-state index contributed by atoms with van der Waals surface area (Å²) in [6, 6.07) is 12.1. The molecular weight excluding hydrogens is 444 g/mol. The van der Waals surface area contributed by atoms with Crippen LogP contribution in [0.2, 0.25) is 0 Å². The number of hydrogen-bond acceptors (Lipinski definition) is 6. The van der Waals surface area contributed by atoms with Crippen LogP contribution in [-0.4, -0.2) is 58.5 Å². The van der Waals surface area contributed by atoms with E-state index in [0.29, 0.717) is 11.6 Å². The summed E-state index contributed by atoms with van der Waals surface area (Å²) in [6.45, 7) is 5.10. The first kappa shape index (κ1) is 23.4. The number of aryl methyl sites for hydroxylation is 1. The largest absolute Gasteiger partial charge is 0.496 e. The zero-order chi connectivity index (χ0) is 24.5. The fourth-order valence-corrected chi connectivity index (χ4v) is 5.30. The third-order valence-electron chi connectivity index (χ3n) is 7.26.